The van der Waals surface area contributed by atoms with E-state index in [2.05, 4.69) is 15.1 Å². The second kappa shape index (κ2) is 8.90. The zero-order chi connectivity index (χ0) is 23.8. The minimum atomic E-state index is -0.456. The van der Waals surface area contributed by atoms with E-state index < -0.39 is 5.82 Å². The minimum absolute atomic E-state index is 0.0750. The second-order valence-corrected chi connectivity index (χ2v) is 8.86. The Labute approximate surface area is 201 Å². The fourth-order valence-electron chi connectivity index (χ4n) is 4.45. The number of fused-ring (bicyclic) bond motifs is 1. The lowest BCUT2D eigenvalue weighted by Gasteiger charge is -2.33. The molecule has 0 atom stereocenters. The second-order valence-electron chi connectivity index (χ2n) is 8.43. The third-order valence-electron chi connectivity index (χ3n) is 6.19. The van der Waals surface area contributed by atoms with Crippen LogP contribution in [0.1, 0.15) is 18.4 Å². The number of anilines is 1. The van der Waals surface area contributed by atoms with Crippen LogP contribution >= 0.6 is 11.6 Å². The molecule has 0 spiro atoms. The third-order valence-corrected chi connectivity index (χ3v) is 6.41. The van der Waals surface area contributed by atoms with Gasteiger partial charge in [-0.3, -0.25) is 0 Å². The number of nitrogens with two attached hydrogens (primary N) is 1. The van der Waals surface area contributed by atoms with Crippen molar-refractivity contribution in [3.05, 3.63) is 71.0 Å². The van der Waals surface area contributed by atoms with Crippen LogP contribution in [0, 0.1) is 17.1 Å². The average molecular weight is 474 g/mol. The van der Waals surface area contributed by atoms with Crippen LogP contribution in [0.2, 0.25) is 5.02 Å². The average Bonchev–Trinajstić information content (AvgIpc) is 2.83. The molecule has 2 heterocycles. The van der Waals surface area contributed by atoms with Crippen molar-refractivity contribution in [2.24, 2.45) is 5.73 Å². The van der Waals surface area contributed by atoms with Crippen LogP contribution in [0.5, 0.6) is 5.75 Å². The third kappa shape index (κ3) is 4.03. The van der Waals surface area contributed by atoms with Crippen molar-refractivity contribution in [1.82, 2.24) is 10.2 Å². The van der Waals surface area contributed by atoms with Gasteiger partial charge in [0.25, 0.3) is 0 Å². The molecule has 3 N–H and O–H groups in total. The number of phenols is 1. The molecule has 1 fully saturated rings. The van der Waals surface area contributed by atoms with Gasteiger partial charge in [-0.25, -0.2) is 4.39 Å². The molecule has 0 saturated carbocycles. The molecule has 3 aromatic carbocycles. The molecule has 0 amide bonds. The topological polar surface area (TPSA) is 99.1 Å². The van der Waals surface area contributed by atoms with Crippen LogP contribution in [-0.2, 0) is 0 Å². The van der Waals surface area contributed by atoms with Gasteiger partial charge >= 0.3 is 0 Å². The standard InChI is InChI=1S/C26H21ClFN5O/c27-18-10-17(11-19(28)13-18)24-25(33-8-6-20(30)7-9-33)22-12-15(4-5-23(22)31-32-24)21-3-1-2-16(14-29)26(21)34/h1-5,10-13,20,34H,6-9,30H2. The van der Waals surface area contributed by atoms with Gasteiger partial charge in [0.05, 0.1) is 16.8 Å². The van der Waals surface area contributed by atoms with Crippen LogP contribution < -0.4 is 10.6 Å². The number of piperidine rings is 1. The van der Waals surface area contributed by atoms with E-state index in [0.717, 1.165) is 42.6 Å². The zero-order valence-electron chi connectivity index (χ0n) is 18.2. The number of aromatic hydroxyl groups is 1. The molecule has 1 aliphatic rings. The molecule has 34 heavy (non-hydrogen) atoms. The van der Waals surface area contributed by atoms with Gasteiger partial charge < -0.3 is 15.7 Å². The molecule has 170 valence electrons. The Hall–Kier alpha value is -3.73. The maximum atomic E-state index is 14.2. The van der Waals surface area contributed by atoms with E-state index in [1.807, 2.05) is 24.3 Å². The smallest absolute Gasteiger partial charge is 0.141 e. The highest BCUT2D eigenvalue weighted by Gasteiger charge is 2.24. The van der Waals surface area contributed by atoms with Crippen molar-refractivity contribution in [3.8, 4) is 34.2 Å². The molecule has 6 nitrogen and oxygen atoms in total. The Balaban J connectivity index is 1.76. The number of hydrogen-bond donors (Lipinski definition) is 2. The summed E-state index contributed by atoms with van der Waals surface area (Å²) < 4.78 is 14.2. The van der Waals surface area contributed by atoms with Crippen molar-refractivity contribution < 1.29 is 9.50 Å². The Morgan fingerprint density at radius 2 is 1.85 bits per heavy atom. The number of nitriles is 1. The number of phenolic OH excluding ortho intramolecular Hbond substituents is 1. The van der Waals surface area contributed by atoms with Crippen LogP contribution in [0.15, 0.2) is 54.6 Å². The Morgan fingerprint density at radius 1 is 1.06 bits per heavy atom. The normalized spacial score (nSPS) is 14.4. The van der Waals surface area contributed by atoms with Crippen molar-refractivity contribution in [2.75, 3.05) is 18.0 Å². The maximum absolute atomic E-state index is 14.2. The highest BCUT2D eigenvalue weighted by Crippen LogP contribution is 2.40. The summed E-state index contributed by atoms with van der Waals surface area (Å²) in [6.07, 6.45) is 1.63. The van der Waals surface area contributed by atoms with Gasteiger partial charge in [-0.15, -0.1) is 10.2 Å². The predicted molar refractivity (Wildman–Crippen MR) is 131 cm³/mol. The molecule has 5 rings (SSSR count). The van der Waals surface area contributed by atoms with E-state index in [0.29, 0.717) is 22.3 Å². The summed E-state index contributed by atoms with van der Waals surface area (Å²) in [5.41, 5.74) is 10.2. The SMILES string of the molecule is N#Cc1cccc(-c2ccc3nnc(-c4cc(F)cc(Cl)c4)c(N4CCC(N)CC4)c3c2)c1O. The summed E-state index contributed by atoms with van der Waals surface area (Å²) in [5, 5.41) is 29.9. The van der Waals surface area contributed by atoms with Crippen LogP contribution in [0.3, 0.4) is 0 Å². The fourth-order valence-corrected chi connectivity index (χ4v) is 4.68. The first-order chi connectivity index (χ1) is 16.4. The van der Waals surface area contributed by atoms with E-state index in [1.54, 1.807) is 24.3 Å². The summed E-state index contributed by atoms with van der Waals surface area (Å²) in [7, 11) is 0. The largest absolute Gasteiger partial charge is 0.506 e. The number of nitrogens with zero attached hydrogens (tertiary/aromatic N) is 4. The van der Waals surface area contributed by atoms with E-state index in [-0.39, 0.29) is 22.4 Å². The van der Waals surface area contributed by atoms with Gasteiger partial charge in [-0.2, -0.15) is 5.26 Å². The molecular weight excluding hydrogens is 453 g/mol. The van der Waals surface area contributed by atoms with E-state index in [1.165, 1.54) is 12.1 Å². The van der Waals surface area contributed by atoms with Crippen LogP contribution in [0.25, 0.3) is 33.3 Å². The number of para-hydroxylation sites is 1. The van der Waals surface area contributed by atoms with Crippen molar-refractivity contribution >= 4 is 28.2 Å². The molecule has 1 aromatic heterocycles. The van der Waals surface area contributed by atoms with Gasteiger partial charge in [0.1, 0.15) is 23.3 Å². The molecule has 0 radical (unpaired) electrons. The Kier molecular flexibility index (Phi) is 5.78. The van der Waals surface area contributed by atoms with Crippen molar-refractivity contribution in [3.63, 3.8) is 0 Å². The monoisotopic (exact) mass is 473 g/mol. The minimum Gasteiger partial charge on any atom is -0.506 e. The van der Waals surface area contributed by atoms with E-state index in [4.69, 9.17) is 17.3 Å². The lowest BCUT2D eigenvalue weighted by Crippen LogP contribution is -2.40. The molecule has 0 bridgehead atoms. The highest BCUT2D eigenvalue weighted by atomic mass is 35.5. The molecule has 4 aromatic rings. The van der Waals surface area contributed by atoms with Gasteiger partial charge in [0.2, 0.25) is 0 Å². The maximum Gasteiger partial charge on any atom is 0.141 e. The number of benzene rings is 3. The number of halogens is 2. The molecule has 1 aliphatic heterocycles. The first-order valence-electron chi connectivity index (χ1n) is 10.9. The number of rotatable bonds is 3. The molecule has 8 heteroatoms. The van der Waals surface area contributed by atoms with Crippen LogP contribution in [-0.4, -0.2) is 34.4 Å². The predicted octanol–water partition coefficient (Wildman–Crippen LogP) is 5.26. The summed E-state index contributed by atoms with van der Waals surface area (Å²) in [4.78, 5) is 2.20. The molecule has 0 aliphatic carbocycles. The molecule has 1 saturated heterocycles. The molecule has 0 unspecified atom stereocenters. The number of hydrogen-bond acceptors (Lipinski definition) is 6. The van der Waals surface area contributed by atoms with Gasteiger partial charge in [-0.1, -0.05) is 29.8 Å². The summed E-state index contributed by atoms with van der Waals surface area (Å²) in [5.74, 6) is -0.531. The highest BCUT2D eigenvalue weighted by molar-refractivity contribution is 6.30. The van der Waals surface area contributed by atoms with Crippen molar-refractivity contribution in [2.45, 2.75) is 18.9 Å². The lowest BCUT2D eigenvalue weighted by atomic mass is 9.97. The zero-order valence-corrected chi connectivity index (χ0v) is 18.9. The van der Waals surface area contributed by atoms with Crippen molar-refractivity contribution in [1.29, 1.82) is 5.26 Å². The first-order valence-corrected chi connectivity index (χ1v) is 11.3. The summed E-state index contributed by atoms with van der Waals surface area (Å²) in [6.45, 7) is 1.44. The van der Waals surface area contributed by atoms with Crippen LogP contribution in [0.4, 0.5) is 10.1 Å². The van der Waals surface area contributed by atoms with E-state index in [9.17, 15) is 14.8 Å². The van der Waals surface area contributed by atoms with E-state index >= 15 is 0 Å². The van der Waals surface area contributed by atoms with Gasteiger partial charge in [0, 0.05) is 40.7 Å². The first kappa shape index (κ1) is 22.1. The molecular formula is C26H21ClFN5O. The van der Waals surface area contributed by atoms with Gasteiger partial charge in [0.15, 0.2) is 0 Å². The quantitative estimate of drug-likeness (QED) is 0.421. The summed E-state index contributed by atoms with van der Waals surface area (Å²) >= 11 is 6.15. The lowest BCUT2D eigenvalue weighted by molar-refractivity contribution is 0.475. The summed E-state index contributed by atoms with van der Waals surface area (Å²) in [6, 6.07) is 17.1. The Bertz CT molecular complexity index is 1420. The number of aromatic nitrogens is 2. The Morgan fingerprint density at radius 3 is 2.59 bits per heavy atom. The van der Waals surface area contributed by atoms with Gasteiger partial charge in [-0.05, 0) is 54.8 Å². The fraction of sp³-hybridized carbons (Fsp3) is 0.192.